The Hall–Kier alpha value is -3.73. The van der Waals surface area contributed by atoms with Crippen molar-refractivity contribution in [2.24, 2.45) is 0 Å². The lowest BCUT2D eigenvalue weighted by molar-refractivity contribution is -0.137. The summed E-state index contributed by atoms with van der Waals surface area (Å²) >= 11 is 0. The molecule has 3 rings (SSSR count). The van der Waals surface area contributed by atoms with Gasteiger partial charge in [0.1, 0.15) is 11.4 Å². The Kier molecular flexibility index (Phi) is 6.89. The van der Waals surface area contributed by atoms with Crippen LogP contribution in [0.5, 0.6) is 17.2 Å². The quantitative estimate of drug-likeness (QED) is 0.462. The third kappa shape index (κ3) is 4.94. The second-order valence-corrected chi connectivity index (χ2v) is 6.43. The molecular formula is C21H21F3N4O4. The Morgan fingerprint density at radius 1 is 0.969 bits per heavy atom. The molecule has 0 aliphatic heterocycles. The number of aromatic nitrogens is 2. The van der Waals surface area contributed by atoms with Crippen LogP contribution in [0, 0.1) is 0 Å². The number of alkyl halides is 3. The summed E-state index contributed by atoms with van der Waals surface area (Å²) in [6, 6.07) is 9.56. The van der Waals surface area contributed by atoms with Gasteiger partial charge in [0.25, 0.3) is 0 Å². The zero-order valence-electron chi connectivity index (χ0n) is 17.4. The molecular weight excluding hydrogens is 429 g/mol. The van der Waals surface area contributed by atoms with Crippen LogP contribution in [-0.2, 0) is 12.8 Å². The standard InChI is InChI=1S/C21H21F3N4O4/c1-30-16-8-13(9-17(31-2)18(16)32-3)26-20-25-10-14(21(22,23)24)19(28-20)27-15-7-5-4-6-12(15)11-29/h4-10,29H,11H2,1-3H3,(H2,25,26,27,28). The number of benzene rings is 2. The second-order valence-electron chi connectivity index (χ2n) is 6.43. The van der Waals surface area contributed by atoms with Gasteiger partial charge >= 0.3 is 6.18 Å². The first-order valence-electron chi connectivity index (χ1n) is 9.27. The average molecular weight is 450 g/mol. The molecule has 11 heteroatoms. The van der Waals surface area contributed by atoms with Crippen LogP contribution in [-0.4, -0.2) is 36.4 Å². The Labute approximate surface area is 182 Å². The molecule has 0 unspecified atom stereocenters. The minimum atomic E-state index is -4.69. The Morgan fingerprint density at radius 3 is 2.19 bits per heavy atom. The zero-order valence-corrected chi connectivity index (χ0v) is 17.4. The van der Waals surface area contributed by atoms with Crippen molar-refractivity contribution in [2.45, 2.75) is 12.8 Å². The van der Waals surface area contributed by atoms with Gasteiger partial charge in [0, 0.05) is 35.3 Å². The number of hydrogen-bond acceptors (Lipinski definition) is 8. The van der Waals surface area contributed by atoms with Crippen molar-refractivity contribution < 1.29 is 32.5 Å². The molecule has 3 N–H and O–H groups in total. The van der Waals surface area contributed by atoms with E-state index in [9.17, 15) is 18.3 Å². The average Bonchev–Trinajstić information content (AvgIpc) is 2.78. The van der Waals surface area contributed by atoms with E-state index in [1.54, 1.807) is 36.4 Å². The van der Waals surface area contributed by atoms with Gasteiger partial charge in [-0.25, -0.2) is 4.98 Å². The van der Waals surface area contributed by atoms with E-state index in [1.165, 1.54) is 21.3 Å². The predicted octanol–water partition coefficient (Wildman–Crippen LogP) is 4.50. The van der Waals surface area contributed by atoms with E-state index in [2.05, 4.69) is 20.6 Å². The maximum atomic E-state index is 13.5. The lowest BCUT2D eigenvalue weighted by atomic mass is 10.2. The summed E-state index contributed by atoms with van der Waals surface area (Å²) in [7, 11) is 4.33. The van der Waals surface area contributed by atoms with Gasteiger partial charge in [-0.2, -0.15) is 18.2 Å². The molecule has 32 heavy (non-hydrogen) atoms. The fourth-order valence-electron chi connectivity index (χ4n) is 2.93. The third-order valence-corrected chi connectivity index (χ3v) is 4.46. The van der Waals surface area contributed by atoms with Crippen molar-refractivity contribution in [1.82, 2.24) is 9.97 Å². The number of aliphatic hydroxyl groups excluding tert-OH is 1. The highest BCUT2D eigenvalue weighted by Gasteiger charge is 2.35. The van der Waals surface area contributed by atoms with E-state index < -0.39 is 17.6 Å². The Morgan fingerprint density at radius 2 is 1.62 bits per heavy atom. The maximum absolute atomic E-state index is 13.5. The molecule has 3 aromatic rings. The van der Waals surface area contributed by atoms with E-state index in [0.29, 0.717) is 34.7 Å². The van der Waals surface area contributed by atoms with Crippen LogP contribution in [0.25, 0.3) is 0 Å². The van der Waals surface area contributed by atoms with Crippen molar-refractivity contribution in [2.75, 3.05) is 32.0 Å². The number of anilines is 4. The maximum Gasteiger partial charge on any atom is 0.421 e. The van der Waals surface area contributed by atoms with Gasteiger partial charge in [-0.15, -0.1) is 0 Å². The number of aliphatic hydroxyl groups is 1. The van der Waals surface area contributed by atoms with Crippen molar-refractivity contribution in [3.8, 4) is 17.2 Å². The van der Waals surface area contributed by atoms with Crippen molar-refractivity contribution in [3.05, 3.63) is 53.7 Å². The number of para-hydroxylation sites is 1. The summed E-state index contributed by atoms with van der Waals surface area (Å²) in [5.41, 5.74) is 0.0537. The van der Waals surface area contributed by atoms with E-state index >= 15 is 0 Å². The molecule has 0 radical (unpaired) electrons. The highest BCUT2D eigenvalue weighted by molar-refractivity contribution is 5.68. The minimum absolute atomic E-state index is 0.101. The topological polar surface area (TPSA) is 97.8 Å². The molecule has 0 saturated heterocycles. The van der Waals surface area contributed by atoms with E-state index in [1.807, 2.05) is 0 Å². The van der Waals surface area contributed by atoms with Crippen LogP contribution in [0.1, 0.15) is 11.1 Å². The minimum Gasteiger partial charge on any atom is -0.493 e. The van der Waals surface area contributed by atoms with Gasteiger partial charge in [0.05, 0.1) is 27.9 Å². The molecule has 1 heterocycles. The van der Waals surface area contributed by atoms with Crippen molar-refractivity contribution in [3.63, 3.8) is 0 Å². The van der Waals surface area contributed by atoms with Gasteiger partial charge in [0.15, 0.2) is 11.5 Å². The van der Waals surface area contributed by atoms with Gasteiger partial charge < -0.3 is 30.0 Å². The largest absolute Gasteiger partial charge is 0.493 e. The molecule has 0 amide bonds. The summed E-state index contributed by atoms with van der Waals surface area (Å²) in [6.07, 6.45) is -4.02. The number of ether oxygens (including phenoxy) is 3. The first kappa shape index (κ1) is 22.9. The molecule has 8 nitrogen and oxygen atoms in total. The lowest BCUT2D eigenvalue weighted by Crippen LogP contribution is -2.13. The van der Waals surface area contributed by atoms with Crippen molar-refractivity contribution in [1.29, 1.82) is 0 Å². The molecule has 0 aliphatic rings. The summed E-state index contributed by atoms with van der Waals surface area (Å²) in [5.74, 6) is 0.476. The summed E-state index contributed by atoms with van der Waals surface area (Å²) < 4.78 is 56.4. The summed E-state index contributed by atoms with van der Waals surface area (Å²) in [4.78, 5) is 7.81. The molecule has 0 aliphatic carbocycles. The summed E-state index contributed by atoms with van der Waals surface area (Å²) in [5, 5.41) is 15.0. The number of methoxy groups -OCH3 is 3. The number of halogens is 3. The molecule has 0 spiro atoms. The molecule has 1 aromatic heterocycles. The SMILES string of the molecule is COc1cc(Nc2ncc(C(F)(F)F)c(Nc3ccccc3CO)n2)cc(OC)c1OC. The number of hydrogen-bond donors (Lipinski definition) is 3. The number of rotatable bonds is 8. The fraction of sp³-hybridized carbons (Fsp3) is 0.238. The monoisotopic (exact) mass is 450 g/mol. The number of nitrogens with zero attached hydrogens (tertiary/aromatic N) is 2. The predicted molar refractivity (Wildman–Crippen MR) is 112 cm³/mol. The molecule has 170 valence electrons. The molecule has 0 bridgehead atoms. The van der Waals surface area contributed by atoms with Crippen LogP contribution < -0.4 is 24.8 Å². The third-order valence-electron chi connectivity index (χ3n) is 4.46. The fourth-order valence-corrected chi connectivity index (χ4v) is 2.93. The lowest BCUT2D eigenvalue weighted by Gasteiger charge is -2.17. The first-order valence-corrected chi connectivity index (χ1v) is 9.27. The Bertz CT molecular complexity index is 1070. The van der Waals surface area contributed by atoms with Crippen LogP contribution in [0.2, 0.25) is 0 Å². The van der Waals surface area contributed by atoms with E-state index in [4.69, 9.17) is 14.2 Å². The Balaban J connectivity index is 2.01. The van der Waals surface area contributed by atoms with Crippen LogP contribution in [0.4, 0.5) is 36.3 Å². The smallest absolute Gasteiger partial charge is 0.421 e. The molecule has 0 atom stereocenters. The molecule has 2 aromatic carbocycles. The first-order chi connectivity index (χ1) is 15.3. The normalized spacial score (nSPS) is 11.1. The highest BCUT2D eigenvalue weighted by atomic mass is 19.4. The van der Waals surface area contributed by atoms with Crippen LogP contribution in [0.15, 0.2) is 42.6 Å². The van der Waals surface area contributed by atoms with Gasteiger partial charge in [-0.3, -0.25) is 0 Å². The van der Waals surface area contributed by atoms with Gasteiger partial charge in [-0.1, -0.05) is 18.2 Å². The highest BCUT2D eigenvalue weighted by Crippen LogP contribution is 2.41. The van der Waals surface area contributed by atoms with Gasteiger partial charge in [0.2, 0.25) is 11.7 Å². The summed E-state index contributed by atoms with van der Waals surface area (Å²) in [6.45, 7) is -0.355. The second kappa shape index (κ2) is 9.60. The van der Waals surface area contributed by atoms with Crippen LogP contribution >= 0.6 is 0 Å². The zero-order chi connectivity index (χ0) is 23.3. The van der Waals surface area contributed by atoms with Gasteiger partial charge in [-0.05, 0) is 6.07 Å². The van der Waals surface area contributed by atoms with Crippen LogP contribution in [0.3, 0.4) is 0 Å². The molecule has 0 fully saturated rings. The molecule has 0 saturated carbocycles. The van der Waals surface area contributed by atoms with Crippen molar-refractivity contribution >= 4 is 23.1 Å². The van der Waals surface area contributed by atoms with E-state index in [0.717, 1.165) is 0 Å². The number of nitrogens with one attached hydrogen (secondary N) is 2. The van der Waals surface area contributed by atoms with E-state index in [-0.39, 0.29) is 18.2 Å².